The smallest absolute Gasteiger partial charge is 0.228 e. The summed E-state index contributed by atoms with van der Waals surface area (Å²) in [5.41, 5.74) is 0.866. The van der Waals surface area contributed by atoms with E-state index in [0.717, 1.165) is 99.8 Å². The molecular weight excluding hydrogens is 637 g/mol. The Morgan fingerprint density at radius 1 is 0.776 bits per heavy atom. The first-order valence-electron chi connectivity index (χ1n) is 19.6. The first-order valence-corrected chi connectivity index (χ1v) is 20.4. The number of aryl methyl sites for hydroxylation is 1. The number of aromatic nitrogens is 1. The summed E-state index contributed by atoms with van der Waals surface area (Å²) in [5, 5.41) is 4.36. The summed E-state index contributed by atoms with van der Waals surface area (Å²) in [4.78, 5) is 69.1. The maximum absolute atomic E-state index is 13.7. The number of nitrogens with zero attached hydrogens (tertiary/aromatic N) is 5. The maximum Gasteiger partial charge on any atom is 0.228 e. The Morgan fingerprint density at radius 2 is 1.53 bits per heavy atom. The minimum Gasteiger partial charge on any atom is -0.356 e. The highest BCUT2D eigenvalue weighted by molar-refractivity contribution is 7.11. The van der Waals surface area contributed by atoms with Crippen LogP contribution < -0.4 is 5.32 Å². The van der Waals surface area contributed by atoms with E-state index in [1.807, 2.05) is 9.80 Å². The SMILES string of the molecule is Cc1sc2nc1CC(=O)N1CC[C@@H](CC(=O)N3CCCC3)[C@@H](CC(=O)NCC[C@H]3CN(C4CCCC4)CC[C@H]3CC(=O)N3CCC2CC3)C1. The molecule has 0 unspecified atom stereocenters. The van der Waals surface area contributed by atoms with Gasteiger partial charge in [-0.1, -0.05) is 12.8 Å². The second-order valence-electron chi connectivity index (χ2n) is 16.1. The standard InChI is InChI=1S/C38H58N6O4S/c1-26-33-23-37(48)44-19-12-29(22-35(46)41-14-4-5-15-41)31(25-44)20-34(45)39-13-8-30-24-43(32-6-2-3-7-32)18-11-28(30)21-36(47)42-16-9-27(10-17-42)38(40-33)49-26/h27-32H,2-25H2,1H3,(H,39,45)/t28-,29-,30-,31-/m0/s1. The van der Waals surface area contributed by atoms with Crippen molar-refractivity contribution in [3.8, 4) is 0 Å². The molecule has 1 N–H and O–H groups in total. The number of carbonyl (C=O) groups excluding carboxylic acids is 4. The van der Waals surface area contributed by atoms with Crippen molar-refractivity contribution in [2.45, 2.75) is 115 Å². The van der Waals surface area contributed by atoms with Crippen LogP contribution in [0.1, 0.15) is 111 Å². The number of hydrogen-bond acceptors (Lipinski definition) is 7. The molecule has 4 amide bonds. The summed E-state index contributed by atoms with van der Waals surface area (Å²) in [6, 6.07) is 0.669. The van der Waals surface area contributed by atoms with Gasteiger partial charge in [-0.25, -0.2) is 4.98 Å². The van der Waals surface area contributed by atoms with Gasteiger partial charge in [0, 0.05) is 88.5 Å². The normalized spacial score (nSPS) is 31.5. The van der Waals surface area contributed by atoms with E-state index in [0.29, 0.717) is 62.7 Å². The van der Waals surface area contributed by atoms with E-state index >= 15 is 0 Å². The molecule has 1 saturated carbocycles. The molecule has 6 aliphatic heterocycles. The van der Waals surface area contributed by atoms with Crippen molar-refractivity contribution in [1.82, 2.24) is 29.9 Å². The number of carbonyl (C=O) groups is 4. The number of fused-ring (bicyclic) bond motifs is 8. The van der Waals surface area contributed by atoms with E-state index in [9.17, 15) is 19.2 Å². The molecule has 1 aliphatic carbocycles. The highest BCUT2D eigenvalue weighted by atomic mass is 32.1. The predicted molar refractivity (Wildman–Crippen MR) is 190 cm³/mol. The molecule has 10 nitrogen and oxygen atoms in total. The van der Waals surface area contributed by atoms with Crippen LogP contribution in [0.15, 0.2) is 0 Å². The molecule has 49 heavy (non-hydrogen) atoms. The monoisotopic (exact) mass is 694 g/mol. The second kappa shape index (κ2) is 15.8. The van der Waals surface area contributed by atoms with E-state index < -0.39 is 0 Å². The van der Waals surface area contributed by atoms with E-state index in [-0.39, 0.29) is 41.9 Å². The Hall–Kier alpha value is -2.53. The van der Waals surface area contributed by atoms with E-state index in [1.165, 1.54) is 25.7 Å². The lowest BCUT2D eigenvalue weighted by Gasteiger charge is -2.42. The summed E-state index contributed by atoms with van der Waals surface area (Å²) in [6.45, 7) is 9.13. The Kier molecular flexibility index (Phi) is 11.2. The number of amides is 4. The average Bonchev–Trinajstić information content (AvgIpc) is 3.90. The fourth-order valence-electron chi connectivity index (χ4n) is 9.91. The van der Waals surface area contributed by atoms with E-state index in [4.69, 9.17) is 4.98 Å². The van der Waals surface area contributed by atoms with Crippen molar-refractivity contribution >= 4 is 35.0 Å². The Morgan fingerprint density at radius 3 is 2.31 bits per heavy atom. The molecular formula is C38H58N6O4S. The molecule has 7 aliphatic rings. The number of thiazole rings is 1. The Bertz CT molecular complexity index is 1350. The molecule has 8 rings (SSSR count). The highest BCUT2D eigenvalue weighted by Gasteiger charge is 2.38. The summed E-state index contributed by atoms with van der Waals surface area (Å²) >= 11 is 1.71. The van der Waals surface area contributed by atoms with Crippen LogP contribution in [0.25, 0.3) is 0 Å². The summed E-state index contributed by atoms with van der Waals surface area (Å²) < 4.78 is 0. The van der Waals surface area contributed by atoms with Crippen LogP contribution in [0.5, 0.6) is 0 Å². The van der Waals surface area contributed by atoms with Crippen LogP contribution >= 0.6 is 11.3 Å². The number of hydrogen-bond donors (Lipinski definition) is 1. The molecule has 1 aromatic heterocycles. The fourth-order valence-corrected chi connectivity index (χ4v) is 11.0. The summed E-state index contributed by atoms with van der Waals surface area (Å²) in [7, 11) is 0. The van der Waals surface area contributed by atoms with Crippen molar-refractivity contribution in [2.75, 3.05) is 58.9 Å². The first kappa shape index (κ1) is 34.9. The van der Waals surface area contributed by atoms with Gasteiger partial charge in [0.15, 0.2) is 0 Å². The molecule has 5 fully saturated rings. The van der Waals surface area contributed by atoms with Gasteiger partial charge in [-0.15, -0.1) is 11.3 Å². The van der Waals surface area contributed by atoms with Crippen LogP contribution in [0.4, 0.5) is 0 Å². The van der Waals surface area contributed by atoms with Crippen molar-refractivity contribution < 1.29 is 19.2 Å². The Labute approximate surface area is 296 Å². The van der Waals surface area contributed by atoms with Crippen LogP contribution in [-0.4, -0.2) is 113 Å². The summed E-state index contributed by atoms with van der Waals surface area (Å²) in [6.07, 6.45) is 13.5. The van der Waals surface area contributed by atoms with Crippen molar-refractivity contribution in [3.63, 3.8) is 0 Å². The van der Waals surface area contributed by atoms with Gasteiger partial charge in [0.05, 0.1) is 17.1 Å². The maximum atomic E-state index is 13.7. The molecule has 270 valence electrons. The first-order chi connectivity index (χ1) is 23.8. The molecule has 4 atom stereocenters. The lowest BCUT2D eigenvalue weighted by molar-refractivity contribution is -0.137. The molecule has 0 aromatic carbocycles. The highest BCUT2D eigenvalue weighted by Crippen LogP contribution is 2.37. The zero-order valence-electron chi connectivity index (χ0n) is 29.7. The third-order valence-corrected chi connectivity index (χ3v) is 14.2. The third kappa shape index (κ3) is 8.35. The molecule has 11 heteroatoms. The van der Waals surface area contributed by atoms with Crippen molar-refractivity contribution in [1.29, 1.82) is 0 Å². The summed E-state index contributed by atoms with van der Waals surface area (Å²) in [5.74, 6) is 1.68. The van der Waals surface area contributed by atoms with Crippen LogP contribution in [-0.2, 0) is 25.6 Å². The third-order valence-electron chi connectivity index (χ3n) is 13.1. The van der Waals surface area contributed by atoms with Crippen LogP contribution in [0.3, 0.4) is 0 Å². The van der Waals surface area contributed by atoms with Gasteiger partial charge in [-0.05, 0) is 94.9 Å². The molecule has 7 heterocycles. The minimum atomic E-state index is -0.0483. The topological polar surface area (TPSA) is 106 Å². The van der Waals surface area contributed by atoms with E-state index in [1.54, 1.807) is 11.3 Å². The molecule has 4 saturated heterocycles. The molecule has 6 bridgehead atoms. The zero-order chi connectivity index (χ0) is 33.9. The van der Waals surface area contributed by atoms with Gasteiger partial charge in [0.2, 0.25) is 23.6 Å². The Balaban J connectivity index is 1.09. The van der Waals surface area contributed by atoms with Gasteiger partial charge in [0.1, 0.15) is 0 Å². The number of likely N-dealkylation sites (tertiary alicyclic amines) is 2. The quantitative estimate of drug-likeness (QED) is 0.505. The van der Waals surface area contributed by atoms with Crippen molar-refractivity contribution in [2.24, 2.45) is 23.7 Å². The number of nitrogens with one attached hydrogen (secondary N) is 1. The van der Waals surface area contributed by atoms with Gasteiger partial charge >= 0.3 is 0 Å². The molecule has 0 spiro atoms. The lowest BCUT2D eigenvalue weighted by atomic mass is 9.79. The largest absolute Gasteiger partial charge is 0.356 e. The average molecular weight is 695 g/mol. The molecule has 0 radical (unpaired) electrons. The van der Waals surface area contributed by atoms with Crippen LogP contribution in [0.2, 0.25) is 0 Å². The lowest BCUT2D eigenvalue weighted by Crippen LogP contribution is -2.48. The molecule has 1 aromatic rings. The van der Waals surface area contributed by atoms with Crippen molar-refractivity contribution in [3.05, 3.63) is 15.6 Å². The van der Waals surface area contributed by atoms with Gasteiger partial charge in [0.25, 0.3) is 0 Å². The second-order valence-corrected chi connectivity index (χ2v) is 17.4. The van der Waals surface area contributed by atoms with Gasteiger partial charge < -0.3 is 24.9 Å². The van der Waals surface area contributed by atoms with Crippen LogP contribution in [0, 0.1) is 30.6 Å². The van der Waals surface area contributed by atoms with Gasteiger partial charge in [-0.3, -0.25) is 19.2 Å². The van der Waals surface area contributed by atoms with E-state index in [2.05, 4.69) is 22.0 Å². The van der Waals surface area contributed by atoms with Gasteiger partial charge in [-0.2, -0.15) is 0 Å². The zero-order valence-corrected chi connectivity index (χ0v) is 30.5. The number of piperidine rings is 3. The fraction of sp³-hybridized carbons (Fsp3) is 0.816. The minimum absolute atomic E-state index is 0.0167. The predicted octanol–water partition coefficient (Wildman–Crippen LogP) is 4.36. The number of rotatable bonds is 3.